The summed E-state index contributed by atoms with van der Waals surface area (Å²) in [5.41, 5.74) is 5.12. The van der Waals surface area contributed by atoms with Gasteiger partial charge in [-0.25, -0.2) is 0 Å². The third-order valence-corrected chi connectivity index (χ3v) is 2.44. The van der Waals surface area contributed by atoms with Crippen LogP contribution in [-0.2, 0) is 9.59 Å². The fraction of sp³-hybridized carbons (Fsp3) is 0.667. The van der Waals surface area contributed by atoms with Crippen molar-refractivity contribution in [2.75, 3.05) is 6.54 Å². The third-order valence-electron chi connectivity index (χ3n) is 2.44. The topological polar surface area (TPSA) is 84.2 Å². The monoisotopic (exact) mass is 241 g/mol. The molecule has 1 fully saturated rings. The van der Waals surface area contributed by atoms with Gasteiger partial charge in [0.25, 0.3) is 0 Å². The van der Waals surface area contributed by atoms with Crippen LogP contribution >= 0.6 is 0 Å². The van der Waals surface area contributed by atoms with Gasteiger partial charge in [-0.1, -0.05) is 13.0 Å². The molecule has 0 aliphatic carbocycles. The summed E-state index contributed by atoms with van der Waals surface area (Å²) in [4.78, 5) is 22.4. The maximum absolute atomic E-state index is 11.5. The molecule has 1 aliphatic heterocycles. The van der Waals surface area contributed by atoms with Crippen molar-refractivity contribution in [2.45, 2.75) is 45.2 Å². The van der Waals surface area contributed by atoms with Gasteiger partial charge in [-0.15, -0.1) is 6.58 Å². The highest BCUT2D eigenvalue weighted by Gasteiger charge is 2.25. The third kappa shape index (κ3) is 6.06. The van der Waals surface area contributed by atoms with E-state index in [0.29, 0.717) is 6.42 Å². The summed E-state index contributed by atoms with van der Waals surface area (Å²) in [6.45, 7) is 7.93. The van der Waals surface area contributed by atoms with Crippen molar-refractivity contribution in [3.63, 3.8) is 0 Å². The van der Waals surface area contributed by atoms with Crippen LogP contribution < -0.4 is 16.4 Å². The van der Waals surface area contributed by atoms with Crippen molar-refractivity contribution < 1.29 is 9.59 Å². The first-order valence-electron chi connectivity index (χ1n) is 5.96. The van der Waals surface area contributed by atoms with Gasteiger partial charge in [-0.3, -0.25) is 9.59 Å². The summed E-state index contributed by atoms with van der Waals surface area (Å²) in [5.74, 6) is -0.591. The summed E-state index contributed by atoms with van der Waals surface area (Å²) in [5, 5.41) is 5.69. The van der Waals surface area contributed by atoms with E-state index in [1.165, 1.54) is 0 Å². The highest BCUT2D eigenvalue weighted by molar-refractivity contribution is 5.89. The highest BCUT2D eigenvalue weighted by Crippen LogP contribution is 2.05. The van der Waals surface area contributed by atoms with Gasteiger partial charge in [-0.2, -0.15) is 0 Å². The maximum atomic E-state index is 11.5. The van der Waals surface area contributed by atoms with E-state index in [1.54, 1.807) is 6.08 Å². The van der Waals surface area contributed by atoms with Crippen LogP contribution in [-0.4, -0.2) is 30.4 Å². The van der Waals surface area contributed by atoms with Crippen LogP contribution in [0.5, 0.6) is 0 Å². The number of allylic oxidation sites excluding steroid dienone is 1. The number of carbonyl (C=O) groups is 2. The van der Waals surface area contributed by atoms with Gasteiger partial charge >= 0.3 is 0 Å². The summed E-state index contributed by atoms with van der Waals surface area (Å²) in [6.07, 6.45) is 4.13. The minimum Gasteiger partial charge on any atom is -0.368 e. The molecule has 0 aromatic carbocycles. The smallest absolute Gasteiger partial charge is 0.239 e. The first-order chi connectivity index (χ1) is 8.06. The van der Waals surface area contributed by atoms with E-state index < -0.39 is 11.9 Å². The van der Waals surface area contributed by atoms with E-state index in [4.69, 9.17) is 5.73 Å². The van der Waals surface area contributed by atoms with Gasteiger partial charge in [-0.05, 0) is 32.7 Å². The molecule has 1 saturated heterocycles. The Kier molecular flexibility index (Phi) is 8.05. The standard InChI is InChI=1S/C9H17N3O2.C3H6/c1-2-6(8(10)13)12-9(14)7-4-3-5-11-7;1-3-2/h6-7,11H,2-5H2,1H3,(H2,10,13)(H,12,14);3H,1H2,2H3/t6-,7?;/m1./s1. The highest BCUT2D eigenvalue weighted by atomic mass is 16.2. The molecule has 98 valence electrons. The van der Waals surface area contributed by atoms with Crippen molar-refractivity contribution in [1.82, 2.24) is 10.6 Å². The summed E-state index contributed by atoms with van der Waals surface area (Å²) in [7, 11) is 0. The molecule has 5 nitrogen and oxygen atoms in total. The van der Waals surface area contributed by atoms with Gasteiger partial charge in [0, 0.05) is 0 Å². The van der Waals surface area contributed by atoms with Crippen molar-refractivity contribution in [2.24, 2.45) is 5.73 Å². The molecule has 1 unspecified atom stereocenters. The second-order valence-corrected chi connectivity index (χ2v) is 3.93. The molecule has 4 N–H and O–H groups in total. The normalized spacial score (nSPS) is 19.8. The lowest BCUT2D eigenvalue weighted by Gasteiger charge is -2.16. The van der Waals surface area contributed by atoms with Crippen molar-refractivity contribution in [3.05, 3.63) is 12.7 Å². The predicted octanol–water partition coefficient (Wildman–Crippen LogP) is 0.311. The molecule has 1 rings (SSSR count). The van der Waals surface area contributed by atoms with Crippen LogP contribution in [0.4, 0.5) is 0 Å². The number of rotatable bonds is 4. The average Bonchev–Trinajstić information content (AvgIpc) is 2.79. The molecule has 2 atom stereocenters. The van der Waals surface area contributed by atoms with Gasteiger partial charge in [0.1, 0.15) is 6.04 Å². The first kappa shape index (κ1) is 15.6. The molecule has 5 heteroatoms. The fourth-order valence-electron chi connectivity index (χ4n) is 1.56. The van der Waals surface area contributed by atoms with E-state index in [1.807, 2.05) is 13.8 Å². The van der Waals surface area contributed by atoms with Crippen LogP contribution in [0.3, 0.4) is 0 Å². The van der Waals surface area contributed by atoms with E-state index in [0.717, 1.165) is 19.4 Å². The minimum atomic E-state index is -0.537. The zero-order chi connectivity index (χ0) is 13.3. The van der Waals surface area contributed by atoms with Crippen molar-refractivity contribution in [1.29, 1.82) is 0 Å². The van der Waals surface area contributed by atoms with Crippen LogP contribution in [0.1, 0.15) is 33.1 Å². The van der Waals surface area contributed by atoms with Crippen LogP contribution in [0.15, 0.2) is 12.7 Å². The Morgan fingerprint density at radius 1 is 1.65 bits per heavy atom. The zero-order valence-electron chi connectivity index (χ0n) is 10.7. The number of amides is 2. The Labute approximate surface area is 103 Å². The molecule has 2 amide bonds. The molecule has 0 aromatic rings. The van der Waals surface area contributed by atoms with Gasteiger partial charge in [0.05, 0.1) is 6.04 Å². The molecule has 0 aromatic heterocycles. The molecular weight excluding hydrogens is 218 g/mol. The Morgan fingerprint density at radius 2 is 2.24 bits per heavy atom. The average molecular weight is 241 g/mol. The maximum Gasteiger partial charge on any atom is 0.239 e. The predicted molar refractivity (Wildman–Crippen MR) is 68.3 cm³/mol. The van der Waals surface area contributed by atoms with E-state index in [9.17, 15) is 9.59 Å². The number of hydrogen-bond donors (Lipinski definition) is 3. The molecular formula is C12H23N3O2. The number of hydrogen-bond acceptors (Lipinski definition) is 3. The Morgan fingerprint density at radius 3 is 2.59 bits per heavy atom. The number of nitrogens with one attached hydrogen (secondary N) is 2. The van der Waals surface area contributed by atoms with Gasteiger partial charge in [0.15, 0.2) is 0 Å². The van der Waals surface area contributed by atoms with Gasteiger partial charge < -0.3 is 16.4 Å². The second kappa shape index (κ2) is 8.75. The quantitative estimate of drug-likeness (QED) is 0.619. The number of nitrogens with two attached hydrogens (primary N) is 1. The van der Waals surface area contributed by atoms with E-state index in [-0.39, 0.29) is 11.9 Å². The van der Waals surface area contributed by atoms with Crippen LogP contribution in [0.2, 0.25) is 0 Å². The molecule has 0 radical (unpaired) electrons. The van der Waals surface area contributed by atoms with Crippen molar-refractivity contribution in [3.8, 4) is 0 Å². The summed E-state index contributed by atoms with van der Waals surface area (Å²) in [6, 6.07) is -0.687. The Balaban J connectivity index is 0.000000770. The second-order valence-electron chi connectivity index (χ2n) is 3.93. The van der Waals surface area contributed by atoms with Crippen molar-refractivity contribution >= 4 is 11.8 Å². The largest absolute Gasteiger partial charge is 0.368 e. The molecule has 1 aliphatic rings. The molecule has 0 bridgehead atoms. The Bertz CT molecular complexity index is 260. The molecule has 17 heavy (non-hydrogen) atoms. The first-order valence-corrected chi connectivity index (χ1v) is 5.96. The fourth-order valence-corrected chi connectivity index (χ4v) is 1.56. The SMILES string of the molecule is C=CC.CC[C@@H](NC(=O)C1CCCN1)C(N)=O. The molecule has 1 heterocycles. The number of primary amides is 1. The summed E-state index contributed by atoms with van der Waals surface area (Å²) >= 11 is 0. The molecule has 0 saturated carbocycles. The molecule has 0 spiro atoms. The van der Waals surface area contributed by atoms with Gasteiger partial charge in [0.2, 0.25) is 11.8 Å². The van der Waals surface area contributed by atoms with E-state index >= 15 is 0 Å². The number of carbonyl (C=O) groups excluding carboxylic acids is 2. The van der Waals surface area contributed by atoms with Crippen LogP contribution in [0.25, 0.3) is 0 Å². The minimum absolute atomic E-state index is 0.117. The summed E-state index contributed by atoms with van der Waals surface area (Å²) < 4.78 is 0. The van der Waals surface area contributed by atoms with E-state index in [2.05, 4.69) is 17.2 Å². The van der Waals surface area contributed by atoms with Crippen LogP contribution in [0, 0.1) is 0 Å². The Hall–Kier alpha value is -1.36. The lowest BCUT2D eigenvalue weighted by molar-refractivity contribution is -0.128. The lowest BCUT2D eigenvalue weighted by atomic mass is 10.1. The lowest BCUT2D eigenvalue weighted by Crippen LogP contribution is -2.49. The zero-order valence-corrected chi connectivity index (χ0v) is 10.7.